The van der Waals surface area contributed by atoms with E-state index in [0.29, 0.717) is 6.54 Å². The van der Waals surface area contributed by atoms with Gasteiger partial charge in [0.25, 0.3) is 11.6 Å². The van der Waals surface area contributed by atoms with Gasteiger partial charge in [-0.2, -0.15) is 0 Å². The summed E-state index contributed by atoms with van der Waals surface area (Å²) in [5.74, 6) is 4.93. The van der Waals surface area contributed by atoms with Gasteiger partial charge in [0.1, 0.15) is 5.69 Å². The predicted octanol–water partition coefficient (Wildman–Crippen LogP) is 2.15. The maximum atomic E-state index is 12.4. The molecule has 3 N–H and O–H groups in total. The Morgan fingerprint density at radius 2 is 1.95 bits per heavy atom. The number of nitrogen functional groups attached to an aromatic ring is 1. The highest BCUT2D eigenvalue weighted by Crippen LogP contribution is 2.25. The number of nitro groups is 1. The van der Waals surface area contributed by atoms with Crippen LogP contribution in [0, 0.1) is 10.1 Å². The van der Waals surface area contributed by atoms with E-state index in [-0.39, 0.29) is 22.8 Å². The molecule has 0 unspecified atom stereocenters. The zero-order valence-electron chi connectivity index (χ0n) is 12.0. The van der Waals surface area contributed by atoms with Crippen molar-refractivity contribution in [3.63, 3.8) is 0 Å². The van der Waals surface area contributed by atoms with E-state index in [1.165, 1.54) is 23.1 Å². The summed E-state index contributed by atoms with van der Waals surface area (Å²) >= 11 is 0. The minimum absolute atomic E-state index is 0.160. The van der Waals surface area contributed by atoms with Crippen molar-refractivity contribution in [3.8, 4) is 0 Å². The summed E-state index contributed by atoms with van der Waals surface area (Å²) in [6.07, 6.45) is 0. The Bertz CT molecular complexity index is 688. The van der Waals surface area contributed by atoms with Gasteiger partial charge in [-0.05, 0) is 17.7 Å². The van der Waals surface area contributed by atoms with Gasteiger partial charge in [-0.15, -0.1) is 0 Å². The molecule has 2 rings (SSSR count). The Morgan fingerprint density at radius 1 is 1.27 bits per heavy atom. The number of hydrogen-bond donors (Lipinski definition) is 2. The van der Waals surface area contributed by atoms with Crippen LogP contribution in [0.1, 0.15) is 15.9 Å². The van der Waals surface area contributed by atoms with Gasteiger partial charge in [-0.25, -0.2) is 0 Å². The predicted molar refractivity (Wildman–Crippen MR) is 83.1 cm³/mol. The molecule has 0 saturated heterocycles. The first-order valence-corrected chi connectivity index (χ1v) is 6.57. The number of nitro benzene ring substituents is 1. The van der Waals surface area contributed by atoms with Crippen molar-refractivity contribution in [1.82, 2.24) is 4.90 Å². The molecule has 2 aromatic carbocycles. The fraction of sp³-hybridized carbons (Fsp3) is 0.133. The maximum absolute atomic E-state index is 12.4. The first kappa shape index (κ1) is 15.5. The number of rotatable bonds is 5. The lowest BCUT2D eigenvalue weighted by atomic mass is 10.1. The molecule has 7 nitrogen and oxygen atoms in total. The number of carbonyl (C=O) groups excluding carboxylic acids is 1. The van der Waals surface area contributed by atoms with Crippen molar-refractivity contribution in [2.45, 2.75) is 6.54 Å². The maximum Gasteiger partial charge on any atom is 0.294 e. The van der Waals surface area contributed by atoms with Crippen molar-refractivity contribution in [2.75, 3.05) is 12.5 Å². The average molecular weight is 300 g/mol. The molecule has 0 atom stereocenters. The van der Waals surface area contributed by atoms with Gasteiger partial charge in [0.2, 0.25) is 0 Å². The van der Waals surface area contributed by atoms with E-state index in [1.807, 2.05) is 30.3 Å². The molecule has 0 heterocycles. The van der Waals surface area contributed by atoms with Crippen LogP contribution in [0.25, 0.3) is 0 Å². The summed E-state index contributed by atoms with van der Waals surface area (Å²) in [7, 11) is 1.65. The second-order valence-corrected chi connectivity index (χ2v) is 4.78. The zero-order valence-corrected chi connectivity index (χ0v) is 12.0. The minimum Gasteiger partial charge on any atom is -0.337 e. The van der Waals surface area contributed by atoms with Gasteiger partial charge in [-0.3, -0.25) is 20.8 Å². The molecule has 22 heavy (non-hydrogen) atoms. The Labute approximate surface area is 127 Å². The van der Waals surface area contributed by atoms with Gasteiger partial charge in [0, 0.05) is 25.2 Å². The first-order chi connectivity index (χ1) is 10.5. The Kier molecular flexibility index (Phi) is 4.70. The van der Waals surface area contributed by atoms with Crippen molar-refractivity contribution < 1.29 is 9.72 Å². The molecule has 0 aliphatic rings. The summed E-state index contributed by atoms with van der Waals surface area (Å²) in [5, 5.41) is 11.0. The molecule has 0 radical (unpaired) electrons. The van der Waals surface area contributed by atoms with E-state index in [4.69, 9.17) is 5.84 Å². The number of amides is 1. The second-order valence-electron chi connectivity index (χ2n) is 4.78. The Balaban J connectivity index is 2.22. The monoisotopic (exact) mass is 300 g/mol. The summed E-state index contributed by atoms with van der Waals surface area (Å²) in [6.45, 7) is 0.421. The highest BCUT2D eigenvalue weighted by molar-refractivity contribution is 5.95. The fourth-order valence-electron chi connectivity index (χ4n) is 2.09. The zero-order chi connectivity index (χ0) is 16.1. The topological polar surface area (TPSA) is 102 Å². The van der Waals surface area contributed by atoms with E-state index >= 15 is 0 Å². The Hall–Kier alpha value is -2.93. The highest BCUT2D eigenvalue weighted by Gasteiger charge is 2.19. The standard InChI is InChI=1S/C15H16N4O3/c1-18(10-11-5-3-2-4-6-11)15(20)12-7-8-13(17-16)14(9-12)19(21)22/h2-9,17H,10,16H2,1H3. The third-order valence-electron chi connectivity index (χ3n) is 3.21. The molecular weight excluding hydrogens is 284 g/mol. The third kappa shape index (κ3) is 3.39. The van der Waals surface area contributed by atoms with E-state index in [1.54, 1.807) is 7.05 Å². The molecule has 7 heteroatoms. The fourth-order valence-corrected chi connectivity index (χ4v) is 2.09. The van der Waals surface area contributed by atoms with Gasteiger partial charge in [0.05, 0.1) is 4.92 Å². The van der Waals surface area contributed by atoms with Gasteiger partial charge < -0.3 is 10.3 Å². The van der Waals surface area contributed by atoms with Crippen LogP contribution in [0.15, 0.2) is 48.5 Å². The summed E-state index contributed by atoms with van der Waals surface area (Å²) < 4.78 is 0. The van der Waals surface area contributed by atoms with Crippen molar-refractivity contribution in [2.24, 2.45) is 5.84 Å². The number of hydrazine groups is 1. The molecule has 0 spiro atoms. The number of nitrogens with two attached hydrogens (primary N) is 1. The Morgan fingerprint density at radius 3 is 2.55 bits per heavy atom. The SMILES string of the molecule is CN(Cc1ccccc1)C(=O)c1ccc(NN)c([N+](=O)[O-])c1. The van der Waals surface area contributed by atoms with E-state index in [0.717, 1.165) is 5.56 Å². The van der Waals surface area contributed by atoms with Crippen LogP contribution >= 0.6 is 0 Å². The van der Waals surface area contributed by atoms with E-state index < -0.39 is 4.92 Å². The molecule has 1 amide bonds. The van der Waals surface area contributed by atoms with Crippen molar-refractivity contribution in [1.29, 1.82) is 0 Å². The number of benzene rings is 2. The van der Waals surface area contributed by atoms with Crippen LogP contribution < -0.4 is 11.3 Å². The number of nitrogens with zero attached hydrogens (tertiary/aromatic N) is 2. The molecule has 2 aromatic rings. The first-order valence-electron chi connectivity index (χ1n) is 6.57. The van der Waals surface area contributed by atoms with E-state index in [9.17, 15) is 14.9 Å². The van der Waals surface area contributed by atoms with Crippen LogP contribution in [0.3, 0.4) is 0 Å². The lowest BCUT2D eigenvalue weighted by Crippen LogP contribution is -2.26. The molecule has 0 aliphatic carbocycles. The van der Waals surface area contributed by atoms with Crippen molar-refractivity contribution >= 4 is 17.3 Å². The van der Waals surface area contributed by atoms with Crippen LogP contribution in [-0.4, -0.2) is 22.8 Å². The number of hydrogen-bond acceptors (Lipinski definition) is 5. The molecule has 0 bridgehead atoms. The largest absolute Gasteiger partial charge is 0.337 e. The second kappa shape index (κ2) is 6.68. The average Bonchev–Trinajstić information content (AvgIpc) is 2.54. The van der Waals surface area contributed by atoms with Crippen LogP contribution in [-0.2, 0) is 6.54 Å². The van der Waals surface area contributed by atoms with Gasteiger partial charge in [0.15, 0.2) is 0 Å². The summed E-state index contributed by atoms with van der Waals surface area (Å²) in [5.41, 5.74) is 3.39. The van der Waals surface area contributed by atoms with Crippen LogP contribution in [0.4, 0.5) is 11.4 Å². The highest BCUT2D eigenvalue weighted by atomic mass is 16.6. The van der Waals surface area contributed by atoms with Gasteiger partial charge in [-0.1, -0.05) is 30.3 Å². The third-order valence-corrected chi connectivity index (χ3v) is 3.21. The van der Waals surface area contributed by atoms with Crippen LogP contribution in [0.2, 0.25) is 0 Å². The lowest BCUT2D eigenvalue weighted by Gasteiger charge is -2.17. The lowest BCUT2D eigenvalue weighted by molar-refractivity contribution is -0.384. The normalized spacial score (nSPS) is 10.1. The number of anilines is 1. The molecular formula is C15H16N4O3. The molecule has 0 fully saturated rings. The quantitative estimate of drug-likeness (QED) is 0.500. The van der Waals surface area contributed by atoms with Gasteiger partial charge >= 0.3 is 0 Å². The summed E-state index contributed by atoms with van der Waals surface area (Å²) in [4.78, 5) is 24.3. The molecule has 0 aliphatic heterocycles. The minimum atomic E-state index is -0.580. The van der Waals surface area contributed by atoms with Crippen molar-refractivity contribution in [3.05, 3.63) is 69.8 Å². The smallest absolute Gasteiger partial charge is 0.294 e. The van der Waals surface area contributed by atoms with E-state index in [2.05, 4.69) is 5.43 Å². The molecule has 114 valence electrons. The van der Waals surface area contributed by atoms with Crippen LogP contribution in [0.5, 0.6) is 0 Å². The number of nitrogens with one attached hydrogen (secondary N) is 1. The molecule has 0 aromatic heterocycles. The molecule has 0 saturated carbocycles. The number of carbonyl (C=O) groups is 1. The summed E-state index contributed by atoms with van der Waals surface area (Å²) in [6, 6.07) is 13.6.